The van der Waals surface area contributed by atoms with Crippen molar-refractivity contribution in [3.05, 3.63) is 61.5 Å². The van der Waals surface area contributed by atoms with Crippen molar-refractivity contribution in [3.63, 3.8) is 0 Å². The molecule has 2 nitrogen and oxygen atoms in total. The third kappa shape index (κ3) is 2.72. The van der Waals surface area contributed by atoms with Gasteiger partial charge in [0.05, 0.1) is 0 Å². The molecular weight excluding hydrogens is 212 g/mol. The molecule has 0 aliphatic carbocycles. The lowest BCUT2D eigenvalue weighted by Gasteiger charge is -2.09. The van der Waals surface area contributed by atoms with E-state index in [1.165, 1.54) is 0 Å². The maximum absolute atomic E-state index is 11.3. The van der Waals surface area contributed by atoms with E-state index in [4.69, 9.17) is 4.74 Å². The number of benzene rings is 2. The molecule has 2 aromatic rings. The van der Waals surface area contributed by atoms with Gasteiger partial charge in [-0.1, -0.05) is 48.5 Å². The Kier molecular flexibility index (Phi) is 3.55. The van der Waals surface area contributed by atoms with E-state index < -0.39 is 0 Å². The third-order valence-corrected chi connectivity index (χ3v) is 2.40. The van der Waals surface area contributed by atoms with Gasteiger partial charge in [0, 0.05) is 12.0 Å². The Bertz CT molecular complexity index is 503. The zero-order valence-electron chi connectivity index (χ0n) is 9.43. The summed E-state index contributed by atoms with van der Waals surface area (Å²) < 4.78 is 5.25. The zero-order valence-corrected chi connectivity index (χ0v) is 9.43. The van der Waals surface area contributed by atoms with Crippen LogP contribution in [0.4, 0.5) is 0 Å². The standard InChI is InChI=1S/C15H13O2/c1-2-15(16)17-14-11-7-6-10-13(14)12-8-4-3-5-9-12/h3-11H,1-2H2. The molecule has 85 valence electrons. The molecule has 2 heteroatoms. The monoisotopic (exact) mass is 225 g/mol. The molecule has 0 bridgehead atoms. The van der Waals surface area contributed by atoms with Gasteiger partial charge in [0.2, 0.25) is 0 Å². The fourth-order valence-electron chi connectivity index (χ4n) is 1.59. The van der Waals surface area contributed by atoms with Gasteiger partial charge in [-0.2, -0.15) is 0 Å². The number of rotatable bonds is 3. The highest BCUT2D eigenvalue weighted by Gasteiger charge is 2.08. The molecule has 0 aromatic heterocycles. The summed E-state index contributed by atoms with van der Waals surface area (Å²) in [5, 5.41) is 0. The quantitative estimate of drug-likeness (QED) is 0.590. The van der Waals surface area contributed by atoms with Gasteiger partial charge in [0.15, 0.2) is 0 Å². The second-order valence-corrected chi connectivity index (χ2v) is 3.59. The highest BCUT2D eigenvalue weighted by atomic mass is 16.5. The average molecular weight is 225 g/mol. The van der Waals surface area contributed by atoms with Crippen molar-refractivity contribution in [1.29, 1.82) is 0 Å². The Balaban J connectivity index is 2.38. The molecule has 2 rings (SSSR count). The lowest BCUT2D eigenvalue weighted by molar-refractivity contribution is -0.133. The molecular formula is C15H13O2. The lowest BCUT2D eigenvalue weighted by atomic mass is 10.1. The molecule has 1 radical (unpaired) electrons. The SMILES string of the molecule is [CH2]CC(=O)Oc1ccccc1-c1ccccc1. The Morgan fingerprint density at radius 2 is 1.65 bits per heavy atom. The van der Waals surface area contributed by atoms with Gasteiger partial charge in [0.25, 0.3) is 0 Å². The summed E-state index contributed by atoms with van der Waals surface area (Å²) in [5.74, 6) is 0.251. The molecule has 0 saturated heterocycles. The summed E-state index contributed by atoms with van der Waals surface area (Å²) in [7, 11) is 0. The molecule has 0 unspecified atom stereocenters. The van der Waals surface area contributed by atoms with Gasteiger partial charge in [-0.05, 0) is 18.6 Å². The molecule has 0 atom stereocenters. The van der Waals surface area contributed by atoms with Gasteiger partial charge >= 0.3 is 5.97 Å². The van der Waals surface area contributed by atoms with Gasteiger partial charge in [0.1, 0.15) is 5.75 Å². The summed E-state index contributed by atoms with van der Waals surface area (Å²) in [6.45, 7) is 3.51. The predicted octanol–water partition coefficient (Wildman–Crippen LogP) is 3.48. The van der Waals surface area contributed by atoms with Gasteiger partial charge in [-0.25, -0.2) is 0 Å². The van der Waals surface area contributed by atoms with Crippen LogP contribution >= 0.6 is 0 Å². The lowest BCUT2D eigenvalue weighted by Crippen LogP contribution is -2.06. The topological polar surface area (TPSA) is 26.3 Å². The molecule has 17 heavy (non-hydrogen) atoms. The highest BCUT2D eigenvalue weighted by Crippen LogP contribution is 2.29. The first-order valence-corrected chi connectivity index (χ1v) is 5.45. The van der Waals surface area contributed by atoms with Crippen molar-refractivity contribution in [1.82, 2.24) is 0 Å². The van der Waals surface area contributed by atoms with Crippen molar-refractivity contribution in [2.24, 2.45) is 0 Å². The molecule has 2 aromatic carbocycles. The van der Waals surface area contributed by atoms with Crippen LogP contribution in [0.5, 0.6) is 5.75 Å². The van der Waals surface area contributed by atoms with E-state index in [2.05, 4.69) is 6.92 Å². The minimum atomic E-state index is -0.326. The average Bonchev–Trinajstić information content (AvgIpc) is 2.40. The molecule has 0 fully saturated rings. The number of esters is 1. The van der Waals surface area contributed by atoms with Crippen LogP contribution in [0.25, 0.3) is 11.1 Å². The van der Waals surface area contributed by atoms with Crippen LogP contribution in [0, 0.1) is 6.92 Å². The number of carbonyl (C=O) groups is 1. The smallest absolute Gasteiger partial charge is 0.311 e. The van der Waals surface area contributed by atoms with E-state index in [1.807, 2.05) is 48.5 Å². The highest BCUT2D eigenvalue weighted by molar-refractivity contribution is 5.78. The van der Waals surface area contributed by atoms with Gasteiger partial charge in [-0.3, -0.25) is 4.79 Å². The fraction of sp³-hybridized carbons (Fsp3) is 0.0667. The largest absolute Gasteiger partial charge is 0.426 e. The van der Waals surface area contributed by atoms with Crippen LogP contribution in [0.15, 0.2) is 54.6 Å². The molecule has 0 amide bonds. The summed E-state index contributed by atoms with van der Waals surface area (Å²) in [5.41, 5.74) is 1.94. The molecule has 0 heterocycles. The first-order valence-electron chi connectivity index (χ1n) is 5.45. The van der Waals surface area contributed by atoms with E-state index in [0.29, 0.717) is 5.75 Å². The van der Waals surface area contributed by atoms with Crippen LogP contribution < -0.4 is 4.74 Å². The number of hydrogen-bond acceptors (Lipinski definition) is 2. The second kappa shape index (κ2) is 5.30. The Labute approximate surface area is 101 Å². The van der Waals surface area contributed by atoms with E-state index in [-0.39, 0.29) is 12.4 Å². The summed E-state index contributed by atoms with van der Waals surface area (Å²) >= 11 is 0. The van der Waals surface area contributed by atoms with Crippen LogP contribution in [0.2, 0.25) is 0 Å². The Hall–Kier alpha value is -2.09. The number of para-hydroxylation sites is 1. The third-order valence-electron chi connectivity index (χ3n) is 2.40. The minimum absolute atomic E-state index is 0.128. The van der Waals surface area contributed by atoms with Crippen molar-refractivity contribution >= 4 is 5.97 Å². The number of carbonyl (C=O) groups excluding carboxylic acids is 1. The van der Waals surface area contributed by atoms with Gasteiger partial charge < -0.3 is 4.74 Å². The minimum Gasteiger partial charge on any atom is -0.426 e. The normalized spacial score (nSPS) is 9.94. The first kappa shape index (κ1) is 11.4. The fourth-order valence-corrected chi connectivity index (χ4v) is 1.59. The van der Waals surface area contributed by atoms with E-state index in [1.54, 1.807) is 6.07 Å². The van der Waals surface area contributed by atoms with E-state index >= 15 is 0 Å². The van der Waals surface area contributed by atoms with Crippen LogP contribution in [-0.2, 0) is 4.79 Å². The first-order chi connectivity index (χ1) is 8.31. The predicted molar refractivity (Wildman–Crippen MR) is 67.5 cm³/mol. The maximum Gasteiger partial charge on any atom is 0.311 e. The van der Waals surface area contributed by atoms with Crippen molar-refractivity contribution < 1.29 is 9.53 Å². The van der Waals surface area contributed by atoms with Crippen molar-refractivity contribution in [3.8, 4) is 16.9 Å². The van der Waals surface area contributed by atoms with E-state index in [9.17, 15) is 4.79 Å². The Morgan fingerprint density at radius 1 is 1.00 bits per heavy atom. The van der Waals surface area contributed by atoms with Crippen LogP contribution in [0.3, 0.4) is 0 Å². The molecule has 0 spiro atoms. The summed E-state index contributed by atoms with van der Waals surface area (Å²) in [4.78, 5) is 11.3. The molecule has 0 aliphatic heterocycles. The molecule has 0 N–H and O–H groups in total. The zero-order chi connectivity index (χ0) is 12.1. The summed E-state index contributed by atoms with van der Waals surface area (Å²) in [6.07, 6.45) is 0.128. The van der Waals surface area contributed by atoms with Gasteiger partial charge in [-0.15, -0.1) is 0 Å². The van der Waals surface area contributed by atoms with Crippen molar-refractivity contribution in [2.45, 2.75) is 6.42 Å². The van der Waals surface area contributed by atoms with E-state index in [0.717, 1.165) is 11.1 Å². The van der Waals surface area contributed by atoms with Crippen molar-refractivity contribution in [2.75, 3.05) is 0 Å². The number of ether oxygens (including phenoxy) is 1. The van der Waals surface area contributed by atoms with Crippen LogP contribution in [-0.4, -0.2) is 5.97 Å². The number of hydrogen-bond donors (Lipinski definition) is 0. The Morgan fingerprint density at radius 3 is 2.35 bits per heavy atom. The second-order valence-electron chi connectivity index (χ2n) is 3.59. The molecule has 0 aliphatic rings. The maximum atomic E-state index is 11.3. The molecule has 0 saturated carbocycles. The summed E-state index contributed by atoms with van der Waals surface area (Å²) in [6, 6.07) is 17.3. The van der Waals surface area contributed by atoms with Crippen LogP contribution in [0.1, 0.15) is 6.42 Å².